The summed E-state index contributed by atoms with van der Waals surface area (Å²) in [5.41, 5.74) is 3.56. The quantitative estimate of drug-likeness (QED) is 0.623. The molecule has 1 aliphatic heterocycles. The van der Waals surface area contributed by atoms with Crippen LogP contribution in [0.25, 0.3) is 10.9 Å². The van der Waals surface area contributed by atoms with Crippen LogP contribution in [0.15, 0.2) is 41.5 Å². The first kappa shape index (κ1) is 15.6. The highest BCUT2D eigenvalue weighted by atomic mass is 16.8. The molecule has 0 bridgehead atoms. The summed E-state index contributed by atoms with van der Waals surface area (Å²) in [6, 6.07) is 9.46. The van der Waals surface area contributed by atoms with Gasteiger partial charge in [0.05, 0.1) is 17.4 Å². The summed E-state index contributed by atoms with van der Waals surface area (Å²) in [5.74, 6) is -1.40. The zero-order chi connectivity index (χ0) is 17.6. The number of hydrogen-bond acceptors (Lipinski definition) is 7. The zero-order valence-corrected chi connectivity index (χ0v) is 13.8. The van der Waals surface area contributed by atoms with Crippen molar-refractivity contribution in [3.63, 3.8) is 0 Å². The number of aliphatic hydroxyl groups is 2. The number of aromatic nitrogens is 3. The minimum Gasteiger partial charge on any atom is -0.419 e. The summed E-state index contributed by atoms with van der Waals surface area (Å²) in [4.78, 5) is 8.86. The van der Waals surface area contributed by atoms with E-state index in [0.717, 1.165) is 35.2 Å². The number of nitrogens with one attached hydrogen (secondary N) is 1. The van der Waals surface area contributed by atoms with E-state index in [1.807, 2.05) is 24.3 Å². The molecule has 2 aromatic heterocycles. The van der Waals surface area contributed by atoms with Crippen molar-refractivity contribution in [2.24, 2.45) is 12.0 Å². The number of amidine groups is 1. The molecule has 25 heavy (non-hydrogen) atoms. The molecule has 0 saturated heterocycles. The summed E-state index contributed by atoms with van der Waals surface area (Å²) in [6.07, 6.45) is 1.75. The van der Waals surface area contributed by atoms with Gasteiger partial charge in [0.15, 0.2) is 5.84 Å². The Morgan fingerprint density at radius 3 is 2.92 bits per heavy atom. The van der Waals surface area contributed by atoms with E-state index < -0.39 is 5.97 Å². The van der Waals surface area contributed by atoms with Gasteiger partial charge in [-0.25, -0.2) is 0 Å². The first-order valence-corrected chi connectivity index (χ1v) is 7.77. The lowest BCUT2D eigenvalue weighted by atomic mass is 10.2. The van der Waals surface area contributed by atoms with Crippen LogP contribution < -0.4 is 10.1 Å². The third-order valence-electron chi connectivity index (χ3n) is 3.89. The van der Waals surface area contributed by atoms with Crippen LogP contribution in [-0.4, -0.2) is 36.8 Å². The molecule has 8 heteroatoms. The molecule has 1 aromatic carbocycles. The van der Waals surface area contributed by atoms with Gasteiger partial charge in [0.25, 0.3) is 0 Å². The molecule has 3 aromatic rings. The predicted octanol–water partition coefficient (Wildman–Crippen LogP) is 1.38. The Morgan fingerprint density at radius 1 is 1.28 bits per heavy atom. The average molecular weight is 339 g/mol. The molecule has 0 fully saturated rings. The number of aryl methyl sites for hydroxylation is 1. The van der Waals surface area contributed by atoms with E-state index in [1.165, 1.54) is 0 Å². The monoisotopic (exact) mass is 339 g/mol. The van der Waals surface area contributed by atoms with Crippen molar-refractivity contribution < 1.29 is 14.9 Å². The number of fused-ring (bicyclic) bond motifs is 2. The van der Waals surface area contributed by atoms with Crippen molar-refractivity contribution >= 4 is 22.4 Å². The second-order valence-electron chi connectivity index (χ2n) is 6.00. The molecule has 0 unspecified atom stereocenters. The lowest BCUT2D eigenvalue weighted by Crippen LogP contribution is -2.31. The van der Waals surface area contributed by atoms with Crippen molar-refractivity contribution in [3.8, 4) is 5.88 Å². The van der Waals surface area contributed by atoms with Gasteiger partial charge in [-0.3, -0.25) is 14.7 Å². The van der Waals surface area contributed by atoms with Crippen LogP contribution in [0.2, 0.25) is 0 Å². The van der Waals surface area contributed by atoms with Gasteiger partial charge >= 0.3 is 5.97 Å². The van der Waals surface area contributed by atoms with E-state index >= 15 is 0 Å². The molecule has 8 nitrogen and oxygen atoms in total. The van der Waals surface area contributed by atoms with E-state index in [2.05, 4.69) is 20.4 Å². The van der Waals surface area contributed by atoms with Crippen LogP contribution in [0.4, 0.5) is 5.69 Å². The molecule has 128 valence electrons. The van der Waals surface area contributed by atoms with E-state index in [9.17, 15) is 10.2 Å². The molecule has 0 amide bonds. The first-order chi connectivity index (χ1) is 11.9. The minimum absolute atomic E-state index is 0.154. The number of hydrogen-bond donors (Lipinski definition) is 3. The van der Waals surface area contributed by atoms with Crippen molar-refractivity contribution in [2.45, 2.75) is 19.4 Å². The van der Waals surface area contributed by atoms with Crippen molar-refractivity contribution in [1.82, 2.24) is 14.8 Å². The molecule has 0 radical (unpaired) electrons. The Morgan fingerprint density at radius 2 is 2.12 bits per heavy atom. The highest BCUT2D eigenvalue weighted by Crippen LogP contribution is 2.29. The molecule has 3 N–H and O–H groups in total. The molecular weight excluding hydrogens is 322 g/mol. The van der Waals surface area contributed by atoms with Gasteiger partial charge in [-0.1, -0.05) is 6.07 Å². The fraction of sp³-hybridized carbons (Fsp3) is 0.235. The Labute approximate surface area is 143 Å². The van der Waals surface area contributed by atoms with Gasteiger partial charge in [0, 0.05) is 31.4 Å². The van der Waals surface area contributed by atoms with Gasteiger partial charge in [-0.2, -0.15) is 0 Å². The van der Waals surface area contributed by atoms with Crippen LogP contribution >= 0.6 is 0 Å². The molecule has 4 rings (SSSR count). The molecule has 0 atom stereocenters. The number of ether oxygens (including phenoxy) is 1. The van der Waals surface area contributed by atoms with Crippen molar-refractivity contribution in [1.29, 1.82) is 0 Å². The third-order valence-corrected chi connectivity index (χ3v) is 3.89. The zero-order valence-electron chi connectivity index (χ0n) is 13.8. The molecule has 1 aliphatic rings. The second kappa shape index (κ2) is 5.54. The maximum atomic E-state index is 9.43. The van der Waals surface area contributed by atoms with Gasteiger partial charge in [0.1, 0.15) is 5.69 Å². The van der Waals surface area contributed by atoms with E-state index in [4.69, 9.17) is 4.74 Å². The fourth-order valence-electron chi connectivity index (χ4n) is 2.81. The largest absolute Gasteiger partial charge is 0.419 e. The van der Waals surface area contributed by atoms with Gasteiger partial charge < -0.3 is 20.3 Å². The topological polar surface area (TPSA) is 105 Å². The normalized spacial score (nSPS) is 13.7. The molecule has 0 spiro atoms. The molecule has 3 heterocycles. The van der Waals surface area contributed by atoms with Gasteiger partial charge in [-0.15, -0.1) is 5.10 Å². The van der Waals surface area contributed by atoms with E-state index in [1.54, 1.807) is 24.0 Å². The summed E-state index contributed by atoms with van der Waals surface area (Å²) >= 11 is 0. The molecule has 0 saturated carbocycles. The number of anilines is 1. The van der Waals surface area contributed by atoms with Gasteiger partial charge in [-0.05, 0) is 24.3 Å². The average Bonchev–Trinajstić information content (AvgIpc) is 3.08. The van der Waals surface area contributed by atoms with E-state index in [-0.39, 0.29) is 5.88 Å². The maximum absolute atomic E-state index is 9.43. The lowest BCUT2D eigenvalue weighted by Gasteiger charge is -2.15. The number of rotatable bonds is 3. The summed E-state index contributed by atoms with van der Waals surface area (Å²) in [6.45, 7) is 1.75. The van der Waals surface area contributed by atoms with Crippen LogP contribution in [0, 0.1) is 0 Å². The Bertz CT molecular complexity index is 988. The van der Waals surface area contributed by atoms with Crippen molar-refractivity contribution in [2.75, 3.05) is 5.32 Å². The van der Waals surface area contributed by atoms with Crippen LogP contribution in [0.5, 0.6) is 5.88 Å². The van der Waals surface area contributed by atoms with Crippen molar-refractivity contribution in [3.05, 3.63) is 47.8 Å². The van der Waals surface area contributed by atoms with Crippen LogP contribution in [-0.2, 0) is 13.6 Å². The summed E-state index contributed by atoms with van der Waals surface area (Å²) in [7, 11) is 1.76. The van der Waals surface area contributed by atoms with Crippen LogP contribution in [0.3, 0.4) is 0 Å². The highest BCUT2D eigenvalue weighted by Gasteiger charge is 2.22. The molecular formula is C17H17N5O3. The Balaban J connectivity index is 1.66. The maximum Gasteiger partial charge on any atom is 0.320 e. The number of aliphatic imine (C=N–C) groups is 1. The fourth-order valence-corrected chi connectivity index (χ4v) is 2.81. The number of benzene rings is 1. The summed E-state index contributed by atoms with van der Waals surface area (Å²) < 4.78 is 6.70. The van der Waals surface area contributed by atoms with Crippen LogP contribution in [0.1, 0.15) is 18.2 Å². The predicted molar refractivity (Wildman–Crippen MR) is 92.3 cm³/mol. The molecule has 0 aliphatic carbocycles. The minimum atomic E-state index is -2.29. The van der Waals surface area contributed by atoms with E-state index in [0.29, 0.717) is 11.9 Å². The standard InChI is InChI=1S/C17H17N5O3/c1-17(23,24)25-16-12-6-5-11(8-13(12)22(2)21-16)20-15-14-10(9-19-15)4-3-7-18-14/h3-8,23-24H,9H2,1-2H3,(H,19,20). The lowest BCUT2D eigenvalue weighted by molar-refractivity contribution is -0.278. The number of nitrogens with zero attached hydrogens (tertiary/aromatic N) is 4. The third kappa shape index (κ3) is 2.92. The van der Waals surface area contributed by atoms with Gasteiger partial charge in [0.2, 0.25) is 5.88 Å². The number of pyridine rings is 1. The first-order valence-electron chi connectivity index (χ1n) is 7.77. The second-order valence-corrected chi connectivity index (χ2v) is 6.00. The summed E-state index contributed by atoms with van der Waals surface area (Å²) in [5, 5.41) is 27.0. The highest BCUT2D eigenvalue weighted by molar-refractivity contribution is 6.09. The Kier molecular flexibility index (Phi) is 3.45. The SMILES string of the molecule is Cn1nc(OC(C)(O)O)c2ccc(NC3=NCc4cccnc43)cc21. The Hall–Kier alpha value is -2.97. The smallest absolute Gasteiger partial charge is 0.320 e.